The Labute approximate surface area is 103 Å². The first-order valence-corrected chi connectivity index (χ1v) is 5.55. The smallest absolute Gasteiger partial charge is 0.155 e. The van der Waals surface area contributed by atoms with Crippen LogP contribution in [0.15, 0.2) is 48.7 Å². The number of pyridine rings is 1. The first-order chi connectivity index (χ1) is 8.25. The van der Waals surface area contributed by atoms with Crippen LogP contribution < -0.4 is 0 Å². The molecule has 0 saturated carbocycles. The van der Waals surface area contributed by atoms with Crippen molar-refractivity contribution in [3.05, 3.63) is 53.8 Å². The number of hydrogen-bond donors (Lipinski definition) is 1. The quantitative estimate of drug-likeness (QED) is 0.713. The highest BCUT2D eigenvalue weighted by Gasteiger charge is 2.10. The maximum absolute atomic E-state index is 9.27. The van der Waals surface area contributed by atoms with Crippen LogP contribution in [0, 0.1) is 0 Å². The molecule has 0 fully saturated rings. The van der Waals surface area contributed by atoms with E-state index in [-0.39, 0.29) is 5.75 Å². The average molecular weight is 245 g/mol. The molecular formula is C13H9ClN2O. The lowest BCUT2D eigenvalue weighted by Crippen LogP contribution is -1.87. The van der Waals surface area contributed by atoms with Crippen molar-refractivity contribution in [2.45, 2.75) is 0 Å². The monoisotopic (exact) mass is 244 g/mol. The molecule has 84 valence electrons. The minimum atomic E-state index is 0.237. The second-order valence-corrected chi connectivity index (χ2v) is 4.09. The normalized spacial score (nSPS) is 10.9. The van der Waals surface area contributed by atoms with E-state index in [1.807, 2.05) is 40.9 Å². The van der Waals surface area contributed by atoms with Crippen LogP contribution in [-0.4, -0.2) is 14.5 Å². The van der Waals surface area contributed by atoms with E-state index < -0.39 is 0 Å². The zero-order valence-electron chi connectivity index (χ0n) is 8.84. The summed E-state index contributed by atoms with van der Waals surface area (Å²) >= 11 is 6.08. The topological polar surface area (TPSA) is 37.5 Å². The predicted molar refractivity (Wildman–Crippen MR) is 67.3 cm³/mol. The number of halogens is 1. The van der Waals surface area contributed by atoms with Gasteiger partial charge in [0.2, 0.25) is 0 Å². The molecule has 2 aromatic heterocycles. The molecular weight excluding hydrogens is 236 g/mol. The molecule has 17 heavy (non-hydrogen) atoms. The number of aromatic nitrogens is 2. The molecule has 0 aliphatic carbocycles. The van der Waals surface area contributed by atoms with Gasteiger partial charge in [0, 0.05) is 11.8 Å². The van der Waals surface area contributed by atoms with Gasteiger partial charge in [-0.15, -0.1) is 0 Å². The van der Waals surface area contributed by atoms with Gasteiger partial charge in [0.05, 0.1) is 5.52 Å². The Hall–Kier alpha value is -2.00. The molecule has 0 unspecified atom stereocenters. The summed E-state index contributed by atoms with van der Waals surface area (Å²) in [4.78, 5) is 4.34. The number of phenolic OH excluding ortho intramolecular Hbond substituents is 1. The van der Waals surface area contributed by atoms with Crippen molar-refractivity contribution in [2.24, 2.45) is 0 Å². The first kappa shape index (κ1) is 10.2. The number of rotatable bonds is 1. The molecule has 3 aromatic rings. The van der Waals surface area contributed by atoms with E-state index in [2.05, 4.69) is 4.98 Å². The largest absolute Gasteiger partial charge is 0.508 e. The Balaban J connectivity index is 2.27. The van der Waals surface area contributed by atoms with Crippen LogP contribution in [0.1, 0.15) is 0 Å². The molecule has 4 heteroatoms. The van der Waals surface area contributed by atoms with E-state index in [1.165, 1.54) is 0 Å². The van der Waals surface area contributed by atoms with Crippen LogP contribution in [-0.2, 0) is 0 Å². The minimum Gasteiger partial charge on any atom is -0.508 e. The molecule has 2 heterocycles. The SMILES string of the molecule is Oc1ccc(-c2nc(Cl)c3ccccn23)cc1. The zero-order valence-corrected chi connectivity index (χ0v) is 9.59. The lowest BCUT2D eigenvalue weighted by Gasteiger charge is -2.00. The summed E-state index contributed by atoms with van der Waals surface area (Å²) in [6, 6.07) is 12.7. The van der Waals surface area contributed by atoms with Crippen molar-refractivity contribution < 1.29 is 5.11 Å². The summed E-state index contributed by atoms with van der Waals surface area (Å²) in [6.07, 6.45) is 1.91. The van der Waals surface area contributed by atoms with Crippen molar-refractivity contribution in [1.29, 1.82) is 0 Å². The van der Waals surface area contributed by atoms with Gasteiger partial charge in [-0.3, -0.25) is 4.40 Å². The van der Waals surface area contributed by atoms with E-state index in [1.54, 1.807) is 12.1 Å². The second kappa shape index (κ2) is 3.79. The highest BCUT2D eigenvalue weighted by Crippen LogP contribution is 2.26. The van der Waals surface area contributed by atoms with E-state index >= 15 is 0 Å². The molecule has 0 spiro atoms. The second-order valence-electron chi connectivity index (χ2n) is 3.73. The molecule has 3 nitrogen and oxygen atoms in total. The zero-order chi connectivity index (χ0) is 11.8. The van der Waals surface area contributed by atoms with E-state index in [0.717, 1.165) is 16.9 Å². The van der Waals surface area contributed by atoms with Gasteiger partial charge < -0.3 is 5.11 Å². The van der Waals surface area contributed by atoms with Gasteiger partial charge in [0.1, 0.15) is 11.6 Å². The van der Waals surface area contributed by atoms with Crippen molar-refractivity contribution in [1.82, 2.24) is 9.38 Å². The lowest BCUT2D eigenvalue weighted by atomic mass is 10.2. The summed E-state index contributed by atoms with van der Waals surface area (Å²) in [5.41, 5.74) is 1.79. The van der Waals surface area contributed by atoms with Crippen LogP contribution in [0.3, 0.4) is 0 Å². The number of aromatic hydroxyl groups is 1. The summed E-state index contributed by atoms with van der Waals surface area (Å²) < 4.78 is 1.93. The van der Waals surface area contributed by atoms with Gasteiger partial charge in [0.15, 0.2) is 5.15 Å². The first-order valence-electron chi connectivity index (χ1n) is 5.18. The fraction of sp³-hybridized carbons (Fsp3) is 0. The maximum atomic E-state index is 9.27. The van der Waals surface area contributed by atoms with Gasteiger partial charge >= 0.3 is 0 Å². The Bertz CT molecular complexity index is 673. The molecule has 0 saturated heterocycles. The van der Waals surface area contributed by atoms with Crippen LogP contribution in [0.5, 0.6) is 5.75 Å². The van der Waals surface area contributed by atoms with Crippen LogP contribution in [0.2, 0.25) is 5.15 Å². The third kappa shape index (κ3) is 1.65. The average Bonchev–Trinajstić information content (AvgIpc) is 2.69. The van der Waals surface area contributed by atoms with Gasteiger partial charge in [0.25, 0.3) is 0 Å². The molecule has 1 aromatic carbocycles. The highest BCUT2D eigenvalue weighted by molar-refractivity contribution is 6.32. The molecule has 1 N–H and O–H groups in total. The number of benzene rings is 1. The third-order valence-corrected chi connectivity index (χ3v) is 2.91. The van der Waals surface area contributed by atoms with E-state index in [9.17, 15) is 5.11 Å². The van der Waals surface area contributed by atoms with Crippen molar-refractivity contribution in [3.63, 3.8) is 0 Å². The third-order valence-electron chi connectivity index (χ3n) is 2.63. The molecule has 0 bridgehead atoms. The predicted octanol–water partition coefficient (Wildman–Crippen LogP) is 3.36. The number of fused-ring (bicyclic) bond motifs is 1. The van der Waals surface area contributed by atoms with Gasteiger partial charge in [-0.2, -0.15) is 0 Å². The van der Waals surface area contributed by atoms with Crippen LogP contribution in [0.25, 0.3) is 16.9 Å². The van der Waals surface area contributed by atoms with E-state index in [4.69, 9.17) is 11.6 Å². The lowest BCUT2D eigenvalue weighted by molar-refractivity contribution is 0.475. The number of phenols is 1. The molecule has 3 rings (SSSR count). The molecule has 0 aliphatic rings. The standard InChI is InChI=1S/C13H9ClN2O/c14-12-11-3-1-2-8-16(11)13(15-12)9-4-6-10(17)7-5-9/h1-8,17H. The van der Waals surface area contributed by atoms with Crippen LogP contribution in [0.4, 0.5) is 0 Å². The summed E-state index contributed by atoms with van der Waals surface area (Å²) in [6.45, 7) is 0. The maximum Gasteiger partial charge on any atom is 0.155 e. The molecule has 0 atom stereocenters. The van der Waals surface area contributed by atoms with Crippen molar-refractivity contribution in [2.75, 3.05) is 0 Å². The fourth-order valence-electron chi connectivity index (χ4n) is 1.81. The Morgan fingerprint density at radius 1 is 1.06 bits per heavy atom. The fourth-order valence-corrected chi connectivity index (χ4v) is 2.05. The summed E-state index contributed by atoms with van der Waals surface area (Å²) in [7, 11) is 0. The molecule has 0 amide bonds. The van der Waals surface area contributed by atoms with Gasteiger partial charge in [-0.05, 0) is 36.4 Å². The van der Waals surface area contributed by atoms with Crippen LogP contribution >= 0.6 is 11.6 Å². The van der Waals surface area contributed by atoms with Gasteiger partial charge in [-0.25, -0.2) is 4.98 Å². The number of hydrogen-bond acceptors (Lipinski definition) is 2. The van der Waals surface area contributed by atoms with E-state index in [0.29, 0.717) is 5.15 Å². The highest BCUT2D eigenvalue weighted by atomic mass is 35.5. The molecule has 0 aliphatic heterocycles. The minimum absolute atomic E-state index is 0.237. The van der Waals surface area contributed by atoms with Gasteiger partial charge in [-0.1, -0.05) is 17.7 Å². The Morgan fingerprint density at radius 3 is 2.59 bits per heavy atom. The molecule has 0 radical (unpaired) electrons. The number of nitrogens with zero attached hydrogens (tertiary/aromatic N) is 2. The van der Waals surface area contributed by atoms with Crippen molar-refractivity contribution in [3.8, 4) is 17.1 Å². The number of imidazole rings is 1. The van der Waals surface area contributed by atoms with Crippen molar-refractivity contribution >= 4 is 17.1 Å². The Morgan fingerprint density at radius 2 is 1.82 bits per heavy atom. The Kier molecular flexibility index (Phi) is 2.27. The summed E-state index contributed by atoms with van der Waals surface area (Å²) in [5, 5.41) is 9.75. The summed E-state index contributed by atoms with van der Waals surface area (Å²) in [5.74, 6) is 1.01.